The van der Waals surface area contributed by atoms with Gasteiger partial charge in [-0.15, -0.1) is 0 Å². The van der Waals surface area contributed by atoms with Crippen LogP contribution in [0.3, 0.4) is 0 Å². The number of aliphatic carboxylic acids is 1. The van der Waals surface area contributed by atoms with E-state index in [-0.39, 0.29) is 28.6 Å². The molecule has 0 bridgehead atoms. The summed E-state index contributed by atoms with van der Waals surface area (Å²) < 4.78 is 0. The number of hydrogen-bond acceptors (Lipinski definition) is 2. The van der Waals surface area contributed by atoms with Gasteiger partial charge >= 0.3 is 5.97 Å². The number of hydrogen-bond donors (Lipinski definition) is 2. The summed E-state index contributed by atoms with van der Waals surface area (Å²) in [6, 6.07) is -0.797. The molecule has 0 aliphatic heterocycles. The molecule has 1 aliphatic rings. The highest BCUT2D eigenvalue weighted by Crippen LogP contribution is 2.68. The van der Waals surface area contributed by atoms with Crippen LogP contribution in [-0.4, -0.2) is 23.0 Å². The molecule has 1 fully saturated rings. The average molecular weight is 241 g/mol. The summed E-state index contributed by atoms with van der Waals surface area (Å²) >= 11 is 0. The second-order valence-electron chi connectivity index (χ2n) is 6.44. The van der Waals surface area contributed by atoms with Gasteiger partial charge in [0.15, 0.2) is 0 Å². The maximum absolute atomic E-state index is 12.1. The van der Waals surface area contributed by atoms with Crippen molar-refractivity contribution in [2.45, 2.75) is 47.6 Å². The van der Waals surface area contributed by atoms with Crippen LogP contribution in [0.15, 0.2) is 0 Å². The van der Waals surface area contributed by atoms with E-state index in [9.17, 15) is 9.59 Å². The maximum atomic E-state index is 12.1. The molecule has 1 atom stereocenters. The van der Waals surface area contributed by atoms with E-state index in [1.165, 1.54) is 0 Å². The Bertz CT molecular complexity index is 331. The van der Waals surface area contributed by atoms with Crippen molar-refractivity contribution in [2.75, 3.05) is 0 Å². The molecule has 4 heteroatoms. The van der Waals surface area contributed by atoms with Crippen LogP contribution in [0, 0.1) is 22.7 Å². The summed E-state index contributed by atoms with van der Waals surface area (Å²) in [6.45, 7) is 11.8. The molecule has 0 aromatic rings. The minimum Gasteiger partial charge on any atom is -0.480 e. The van der Waals surface area contributed by atoms with Gasteiger partial charge in [-0.3, -0.25) is 4.79 Å². The molecule has 0 heterocycles. The van der Waals surface area contributed by atoms with Gasteiger partial charge in [0.1, 0.15) is 6.04 Å². The van der Waals surface area contributed by atoms with Gasteiger partial charge in [0.25, 0.3) is 0 Å². The molecule has 0 spiro atoms. The maximum Gasteiger partial charge on any atom is 0.326 e. The van der Waals surface area contributed by atoms with E-state index in [1.54, 1.807) is 13.8 Å². The van der Waals surface area contributed by atoms with Crippen molar-refractivity contribution >= 4 is 11.9 Å². The Morgan fingerprint density at radius 2 is 1.53 bits per heavy atom. The van der Waals surface area contributed by atoms with Crippen LogP contribution < -0.4 is 5.32 Å². The molecule has 1 saturated carbocycles. The molecule has 0 aromatic carbocycles. The second kappa shape index (κ2) is 4.00. The molecule has 1 aliphatic carbocycles. The summed E-state index contributed by atoms with van der Waals surface area (Å²) in [5.41, 5.74) is -0.117. The third-order valence-corrected chi connectivity index (χ3v) is 4.51. The monoisotopic (exact) mass is 241 g/mol. The molecular weight excluding hydrogens is 218 g/mol. The molecule has 4 nitrogen and oxygen atoms in total. The van der Waals surface area contributed by atoms with Gasteiger partial charge in [-0.1, -0.05) is 41.5 Å². The molecule has 17 heavy (non-hydrogen) atoms. The van der Waals surface area contributed by atoms with E-state index in [0.717, 1.165) is 0 Å². The van der Waals surface area contributed by atoms with Crippen LogP contribution in [-0.2, 0) is 9.59 Å². The van der Waals surface area contributed by atoms with Gasteiger partial charge in [-0.25, -0.2) is 4.79 Å². The minimum atomic E-state index is -0.968. The Hall–Kier alpha value is -1.06. The lowest BCUT2D eigenvalue weighted by molar-refractivity contribution is -0.143. The van der Waals surface area contributed by atoms with Gasteiger partial charge in [0.2, 0.25) is 5.91 Å². The third kappa shape index (κ3) is 2.17. The predicted molar refractivity (Wildman–Crippen MR) is 65.5 cm³/mol. The van der Waals surface area contributed by atoms with Crippen LogP contribution in [0.4, 0.5) is 0 Å². The zero-order valence-electron chi connectivity index (χ0n) is 11.5. The highest BCUT2D eigenvalue weighted by molar-refractivity contribution is 5.88. The summed E-state index contributed by atoms with van der Waals surface area (Å²) in [7, 11) is 0. The van der Waals surface area contributed by atoms with Gasteiger partial charge in [0, 0.05) is 5.92 Å². The lowest BCUT2D eigenvalue weighted by atomic mass is 10.0. The number of rotatable bonds is 4. The van der Waals surface area contributed by atoms with Crippen LogP contribution in [0.5, 0.6) is 0 Å². The van der Waals surface area contributed by atoms with Crippen molar-refractivity contribution in [1.82, 2.24) is 5.32 Å². The molecule has 98 valence electrons. The summed E-state index contributed by atoms with van der Waals surface area (Å²) in [5.74, 6) is -1.32. The summed E-state index contributed by atoms with van der Waals surface area (Å²) in [4.78, 5) is 23.1. The van der Waals surface area contributed by atoms with Crippen molar-refractivity contribution in [2.24, 2.45) is 22.7 Å². The normalized spacial score (nSPS) is 23.2. The second-order valence-corrected chi connectivity index (χ2v) is 6.44. The van der Waals surface area contributed by atoms with Gasteiger partial charge in [-0.05, 0) is 16.7 Å². The van der Waals surface area contributed by atoms with Crippen LogP contribution >= 0.6 is 0 Å². The first kappa shape index (κ1) is 14.0. The highest BCUT2D eigenvalue weighted by atomic mass is 16.4. The van der Waals surface area contributed by atoms with Crippen molar-refractivity contribution < 1.29 is 14.7 Å². The SMILES string of the molecule is CC(C)C(NC(=O)C1C(C)(C)C1(C)C)C(=O)O. The van der Waals surface area contributed by atoms with Crippen molar-refractivity contribution in [3.8, 4) is 0 Å². The van der Waals surface area contributed by atoms with E-state index in [1.807, 2.05) is 27.7 Å². The number of nitrogens with one attached hydrogen (secondary N) is 1. The van der Waals surface area contributed by atoms with Crippen molar-refractivity contribution in [3.05, 3.63) is 0 Å². The molecule has 0 aromatic heterocycles. The fraction of sp³-hybridized carbons (Fsp3) is 0.846. The Morgan fingerprint density at radius 1 is 1.12 bits per heavy atom. The van der Waals surface area contributed by atoms with E-state index in [4.69, 9.17) is 5.11 Å². The first-order valence-electron chi connectivity index (χ1n) is 6.06. The third-order valence-electron chi connectivity index (χ3n) is 4.51. The highest BCUT2D eigenvalue weighted by Gasteiger charge is 2.68. The summed E-state index contributed by atoms with van der Waals surface area (Å²) in [5, 5.41) is 11.7. The summed E-state index contributed by atoms with van der Waals surface area (Å²) in [6.07, 6.45) is 0. The number of carbonyl (C=O) groups excluding carboxylic acids is 1. The zero-order chi connectivity index (χ0) is 13.6. The van der Waals surface area contributed by atoms with E-state index >= 15 is 0 Å². The first-order valence-corrected chi connectivity index (χ1v) is 6.06. The molecule has 0 saturated heterocycles. The van der Waals surface area contributed by atoms with E-state index in [2.05, 4.69) is 5.32 Å². The molecule has 1 rings (SSSR count). The van der Waals surface area contributed by atoms with E-state index in [0.29, 0.717) is 0 Å². The molecule has 2 N–H and O–H groups in total. The Labute approximate surface area is 103 Å². The Balaban J connectivity index is 2.72. The lowest BCUT2D eigenvalue weighted by Crippen LogP contribution is -2.45. The zero-order valence-corrected chi connectivity index (χ0v) is 11.5. The Morgan fingerprint density at radius 3 is 1.76 bits per heavy atom. The molecule has 0 radical (unpaired) electrons. The Kier molecular flexibility index (Phi) is 3.29. The standard InChI is InChI=1S/C13H23NO3/c1-7(2)8(11(16)17)14-10(15)9-12(3,4)13(9,5)6/h7-9H,1-6H3,(H,14,15)(H,16,17). The van der Waals surface area contributed by atoms with E-state index < -0.39 is 12.0 Å². The van der Waals surface area contributed by atoms with Gasteiger partial charge < -0.3 is 10.4 Å². The quantitative estimate of drug-likeness (QED) is 0.790. The van der Waals surface area contributed by atoms with Crippen LogP contribution in [0.2, 0.25) is 0 Å². The largest absolute Gasteiger partial charge is 0.480 e. The van der Waals surface area contributed by atoms with Gasteiger partial charge in [-0.2, -0.15) is 0 Å². The average Bonchev–Trinajstić information content (AvgIpc) is 2.52. The van der Waals surface area contributed by atoms with Crippen molar-refractivity contribution in [1.29, 1.82) is 0 Å². The van der Waals surface area contributed by atoms with Crippen LogP contribution in [0.25, 0.3) is 0 Å². The number of carbonyl (C=O) groups is 2. The smallest absolute Gasteiger partial charge is 0.326 e. The predicted octanol–water partition coefficient (Wildman–Crippen LogP) is 1.89. The molecular formula is C13H23NO3. The van der Waals surface area contributed by atoms with Gasteiger partial charge in [0.05, 0.1) is 0 Å². The first-order chi connectivity index (χ1) is 7.53. The number of carboxylic acid groups (broad SMARTS) is 1. The number of carboxylic acids is 1. The fourth-order valence-electron chi connectivity index (χ4n) is 2.60. The topological polar surface area (TPSA) is 66.4 Å². The number of amides is 1. The fourth-order valence-corrected chi connectivity index (χ4v) is 2.60. The molecule has 1 amide bonds. The van der Waals surface area contributed by atoms with Crippen LogP contribution in [0.1, 0.15) is 41.5 Å². The molecule has 1 unspecified atom stereocenters. The lowest BCUT2D eigenvalue weighted by Gasteiger charge is -2.18. The van der Waals surface area contributed by atoms with Crippen molar-refractivity contribution in [3.63, 3.8) is 0 Å². The minimum absolute atomic E-state index is 0.0584.